The molecular formula is C11H21NO. The standard InChI is InChI=1S/C11H21NO/c1-4-6-7-11(3,13)8-10-12-9-5-2/h1,12-13H,5-10H2,2-3H3. The number of terminal acetylenes is 1. The fourth-order valence-electron chi connectivity index (χ4n) is 1.13. The molecule has 0 aliphatic carbocycles. The Morgan fingerprint density at radius 2 is 2.08 bits per heavy atom. The van der Waals surface area contributed by atoms with Crippen LogP contribution in [0.5, 0.6) is 0 Å². The van der Waals surface area contributed by atoms with E-state index in [0.29, 0.717) is 12.8 Å². The van der Waals surface area contributed by atoms with Gasteiger partial charge in [-0.2, -0.15) is 0 Å². The molecule has 0 aromatic rings. The topological polar surface area (TPSA) is 32.3 Å². The van der Waals surface area contributed by atoms with Gasteiger partial charge in [0.2, 0.25) is 0 Å². The molecule has 76 valence electrons. The molecule has 0 aliphatic rings. The first-order valence-electron chi connectivity index (χ1n) is 4.99. The highest BCUT2D eigenvalue weighted by atomic mass is 16.3. The summed E-state index contributed by atoms with van der Waals surface area (Å²) in [5.74, 6) is 2.54. The van der Waals surface area contributed by atoms with Gasteiger partial charge in [-0.15, -0.1) is 12.3 Å². The van der Waals surface area contributed by atoms with Gasteiger partial charge in [0, 0.05) is 6.42 Å². The number of aliphatic hydroxyl groups is 1. The second-order valence-corrected chi connectivity index (χ2v) is 3.70. The smallest absolute Gasteiger partial charge is 0.0641 e. The van der Waals surface area contributed by atoms with Gasteiger partial charge < -0.3 is 10.4 Å². The van der Waals surface area contributed by atoms with Crippen molar-refractivity contribution in [2.75, 3.05) is 13.1 Å². The first kappa shape index (κ1) is 12.5. The van der Waals surface area contributed by atoms with Crippen LogP contribution < -0.4 is 5.32 Å². The van der Waals surface area contributed by atoms with Crippen molar-refractivity contribution >= 4 is 0 Å². The Kier molecular flexibility index (Phi) is 6.66. The second kappa shape index (κ2) is 6.94. The van der Waals surface area contributed by atoms with E-state index in [1.165, 1.54) is 0 Å². The van der Waals surface area contributed by atoms with Crippen LogP contribution in [0.15, 0.2) is 0 Å². The van der Waals surface area contributed by atoms with Gasteiger partial charge in [0.25, 0.3) is 0 Å². The highest BCUT2D eigenvalue weighted by Gasteiger charge is 2.18. The molecule has 2 N–H and O–H groups in total. The molecule has 0 bridgehead atoms. The van der Waals surface area contributed by atoms with Crippen molar-refractivity contribution in [2.24, 2.45) is 0 Å². The third-order valence-corrected chi connectivity index (χ3v) is 2.08. The molecule has 2 heteroatoms. The summed E-state index contributed by atoms with van der Waals surface area (Å²) in [5, 5.41) is 13.1. The van der Waals surface area contributed by atoms with Gasteiger partial charge in [0.05, 0.1) is 5.60 Å². The van der Waals surface area contributed by atoms with Gasteiger partial charge in [-0.25, -0.2) is 0 Å². The van der Waals surface area contributed by atoms with E-state index in [-0.39, 0.29) is 0 Å². The molecule has 0 radical (unpaired) electrons. The number of nitrogens with one attached hydrogen (secondary N) is 1. The van der Waals surface area contributed by atoms with Crippen molar-refractivity contribution < 1.29 is 5.11 Å². The number of hydrogen-bond donors (Lipinski definition) is 2. The Bertz CT molecular complexity index is 158. The van der Waals surface area contributed by atoms with E-state index in [0.717, 1.165) is 25.9 Å². The normalized spacial score (nSPS) is 14.9. The summed E-state index contributed by atoms with van der Waals surface area (Å²) >= 11 is 0. The predicted octanol–water partition coefficient (Wildman–Crippen LogP) is 1.54. The van der Waals surface area contributed by atoms with Crippen LogP contribution in [0.3, 0.4) is 0 Å². The Morgan fingerprint density at radius 1 is 1.38 bits per heavy atom. The van der Waals surface area contributed by atoms with Gasteiger partial charge >= 0.3 is 0 Å². The van der Waals surface area contributed by atoms with Gasteiger partial charge in [-0.3, -0.25) is 0 Å². The lowest BCUT2D eigenvalue weighted by atomic mass is 9.96. The molecule has 0 heterocycles. The summed E-state index contributed by atoms with van der Waals surface area (Å²) in [6, 6.07) is 0. The summed E-state index contributed by atoms with van der Waals surface area (Å²) < 4.78 is 0. The fourth-order valence-corrected chi connectivity index (χ4v) is 1.13. The monoisotopic (exact) mass is 183 g/mol. The maximum atomic E-state index is 9.81. The largest absolute Gasteiger partial charge is 0.390 e. The number of hydrogen-bond acceptors (Lipinski definition) is 2. The minimum absolute atomic E-state index is 0.604. The lowest BCUT2D eigenvalue weighted by molar-refractivity contribution is 0.0439. The third-order valence-electron chi connectivity index (χ3n) is 2.08. The molecule has 0 rings (SSSR count). The van der Waals surface area contributed by atoms with Gasteiger partial charge in [-0.05, 0) is 39.3 Å². The van der Waals surface area contributed by atoms with Crippen LogP contribution in [-0.4, -0.2) is 23.8 Å². The Labute approximate surface area is 81.7 Å². The highest BCUT2D eigenvalue weighted by molar-refractivity contribution is 4.87. The van der Waals surface area contributed by atoms with Crippen LogP contribution in [0.4, 0.5) is 0 Å². The van der Waals surface area contributed by atoms with Crippen molar-refractivity contribution in [1.29, 1.82) is 0 Å². The SMILES string of the molecule is C#CCCC(C)(O)CCNCCC. The minimum Gasteiger partial charge on any atom is -0.390 e. The molecule has 0 aromatic carbocycles. The number of rotatable bonds is 7. The van der Waals surface area contributed by atoms with E-state index < -0.39 is 5.60 Å². The van der Waals surface area contributed by atoms with E-state index in [4.69, 9.17) is 6.42 Å². The van der Waals surface area contributed by atoms with Crippen molar-refractivity contribution in [3.63, 3.8) is 0 Å². The average molecular weight is 183 g/mol. The molecular weight excluding hydrogens is 162 g/mol. The van der Waals surface area contributed by atoms with E-state index in [2.05, 4.69) is 18.2 Å². The summed E-state index contributed by atoms with van der Waals surface area (Å²) in [7, 11) is 0. The third kappa shape index (κ3) is 7.83. The van der Waals surface area contributed by atoms with E-state index in [1.807, 2.05) is 6.92 Å². The zero-order chi connectivity index (χ0) is 10.2. The van der Waals surface area contributed by atoms with Crippen LogP contribution in [0.25, 0.3) is 0 Å². The first-order chi connectivity index (χ1) is 6.12. The van der Waals surface area contributed by atoms with E-state index in [1.54, 1.807) is 0 Å². The van der Waals surface area contributed by atoms with Crippen LogP contribution in [0.2, 0.25) is 0 Å². The summed E-state index contributed by atoms with van der Waals surface area (Å²) in [5.41, 5.74) is -0.604. The molecule has 0 saturated carbocycles. The van der Waals surface area contributed by atoms with Crippen LogP contribution in [0.1, 0.15) is 39.5 Å². The molecule has 13 heavy (non-hydrogen) atoms. The molecule has 0 spiro atoms. The van der Waals surface area contributed by atoms with Crippen molar-refractivity contribution in [2.45, 2.75) is 45.1 Å². The fraction of sp³-hybridized carbons (Fsp3) is 0.818. The second-order valence-electron chi connectivity index (χ2n) is 3.70. The Morgan fingerprint density at radius 3 is 2.62 bits per heavy atom. The lowest BCUT2D eigenvalue weighted by Gasteiger charge is -2.22. The van der Waals surface area contributed by atoms with Gasteiger partial charge in [0.15, 0.2) is 0 Å². The highest BCUT2D eigenvalue weighted by Crippen LogP contribution is 2.15. The quantitative estimate of drug-likeness (QED) is 0.463. The maximum Gasteiger partial charge on any atom is 0.0641 e. The molecule has 0 amide bonds. The molecule has 1 atom stereocenters. The molecule has 0 aromatic heterocycles. The summed E-state index contributed by atoms with van der Waals surface area (Å²) in [6.07, 6.45) is 8.38. The lowest BCUT2D eigenvalue weighted by Crippen LogP contribution is -2.30. The van der Waals surface area contributed by atoms with Crippen LogP contribution in [0, 0.1) is 12.3 Å². The Balaban J connectivity index is 3.45. The molecule has 0 aliphatic heterocycles. The van der Waals surface area contributed by atoms with E-state index in [9.17, 15) is 5.11 Å². The first-order valence-corrected chi connectivity index (χ1v) is 4.99. The van der Waals surface area contributed by atoms with Crippen LogP contribution >= 0.6 is 0 Å². The van der Waals surface area contributed by atoms with E-state index >= 15 is 0 Å². The molecule has 2 nitrogen and oxygen atoms in total. The average Bonchev–Trinajstić information content (AvgIpc) is 2.09. The van der Waals surface area contributed by atoms with Gasteiger partial charge in [0.1, 0.15) is 0 Å². The summed E-state index contributed by atoms with van der Waals surface area (Å²) in [4.78, 5) is 0. The van der Waals surface area contributed by atoms with Gasteiger partial charge in [-0.1, -0.05) is 6.92 Å². The minimum atomic E-state index is -0.604. The maximum absolute atomic E-state index is 9.81. The zero-order valence-corrected chi connectivity index (χ0v) is 8.77. The Hall–Kier alpha value is -0.520. The van der Waals surface area contributed by atoms with Crippen molar-refractivity contribution in [3.05, 3.63) is 0 Å². The molecule has 0 saturated heterocycles. The zero-order valence-electron chi connectivity index (χ0n) is 8.77. The molecule has 0 fully saturated rings. The predicted molar refractivity (Wildman–Crippen MR) is 56.5 cm³/mol. The molecule has 1 unspecified atom stereocenters. The van der Waals surface area contributed by atoms with Crippen molar-refractivity contribution in [3.8, 4) is 12.3 Å². The van der Waals surface area contributed by atoms with Crippen molar-refractivity contribution in [1.82, 2.24) is 5.32 Å². The van der Waals surface area contributed by atoms with Crippen LogP contribution in [-0.2, 0) is 0 Å². The summed E-state index contributed by atoms with van der Waals surface area (Å²) in [6.45, 7) is 5.86.